The standard InChI is InChI=1S/C9H17F2NO3/c1-3-15-9(13)7-14-5-4-12(2)6-8(10)11/h8H,3-7H2,1-2H3. The van der Waals surface area contributed by atoms with Crippen molar-refractivity contribution in [3.05, 3.63) is 0 Å². The molecule has 0 aromatic carbocycles. The molecule has 0 aliphatic carbocycles. The summed E-state index contributed by atoms with van der Waals surface area (Å²) >= 11 is 0. The monoisotopic (exact) mass is 225 g/mol. The highest BCUT2D eigenvalue weighted by Crippen LogP contribution is 1.95. The van der Waals surface area contributed by atoms with Gasteiger partial charge in [-0.05, 0) is 14.0 Å². The van der Waals surface area contributed by atoms with Crippen molar-refractivity contribution in [2.45, 2.75) is 13.3 Å². The van der Waals surface area contributed by atoms with E-state index in [4.69, 9.17) is 4.74 Å². The number of rotatable bonds is 8. The van der Waals surface area contributed by atoms with Crippen LogP contribution >= 0.6 is 0 Å². The number of nitrogens with zero attached hydrogens (tertiary/aromatic N) is 1. The van der Waals surface area contributed by atoms with Crippen LogP contribution in [0.15, 0.2) is 0 Å². The maximum Gasteiger partial charge on any atom is 0.332 e. The first-order chi connectivity index (χ1) is 7.06. The van der Waals surface area contributed by atoms with Crippen molar-refractivity contribution >= 4 is 5.97 Å². The van der Waals surface area contributed by atoms with Crippen LogP contribution in [0.2, 0.25) is 0 Å². The van der Waals surface area contributed by atoms with E-state index in [1.807, 2.05) is 0 Å². The summed E-state index contributed by atoms with van der Waals surface area (Å²) in [7, 11) is 1.57. The Labute approximate surface area is 88.1 Å². The zero-order valence-electron chi connectivity index (χ0n) is 9.04. The second-order valence-electron chi connectivity index (χ2n) is 3.01. The second kappa shape index (κ2) is 8.55. The lowest BCUT2D eigenvalue weighted by Gasteiger charge is -2.15. The van der Waals surface area contributed by atoms with Gasteiger partial charge < -0.3 is 9.47 Å². The van der Waals surface area contributed by atoms with Gasteiger partial charge in [0, 0.05) is 6.54 Å². The molecule has 0 bridgehead atoms. The number of hydrogen-bond donors (Lipinski definition) is 0. The first kappa shape index (κ1) is 14.2. The molecule has 0 aliphatic heterocycles. The summed E-state index contributed by atoms with van der Waals surface area (Å²) in [6.07, 6.45) is -2.35. The zero-order chi connectivity index (χ0) is 11.7. The summed E-state index contributed by atoms with van der Waals surface area (Å²) in [5.74, 6) is -0.436. The Bertz CT molecular complexity index is 179. The predicted molar refractivity (Wildman–Crippen MR) is 51.0 cm³/mol. The molecule has 15 heavy (non-hydrogen) atoms. The first-order valence-electron chi connectivity index (χ1n) is 4.76. The molecule has 0 radical (unpaired) electrons. The zero-order valence-corrected chi connectivity index (χ0v) is 9.04. The average molecular weight is 225 g/mol. The minimum Gasteiger partial charge on any atom is -0.464 e. The van der Waals surface area contributed by atoms with E-state index in [1.165, 1.54) is 4.90 Å². The fraction of sp³-hybridized carbons (Fsp3) is 0.889. The Kier molecular flexibility index (Phi) is 8.12. The van der Waals surface area contributed by atoms with Crippen LogP contribution in [-0.2, 0) is 14.3 Å². The molecule has 4 nitrogen and oxygen atoms in total. The minimum absolute atomic E-state index is 0.129. The molecule has 0 unspecified atom stereocenters. The van der Waals surface area contributed by atoms with Gasteiger partial charge in [0.2, 0.25) is 0 Å². The average Bonchev–Trinajstić information content (AvgIpc) is 2.12. The lowest BCUT2D eigenvalue weighted by molar-refractivity contribution is -0.148. The van der Waals surface area contributed by atoms with Crippen molar-refractivity contribution in [1.82, 2.24) is 4.90 Å². The summed E-state index contributed by atoms with van der Waals surface area (Å²) < 4.78 is 33.3. The van der Waals surface area contributed by atoms with Gasteiger partial charge in [-0.3, -0.25) is 4.90 Å². The Morgan fingerprint density at radius 3 is 2.67 bits per heavy atom. The maximum atomic E-state index is 11.9. The highest BCUT2D eigenvalue weighted by molar-refractivity contribution is 5.70. The smallest absolute Gasteiger partial charge is 0.332 e. The molecular weight excluding hydrogens is 208 g/mol. The van der Waals surface area contributed by atoms with Gasteiger partial charge in [0.25, 0.3) is 6.43 Å². The molecule has 0 saturated carbocycles. The summed E-state index contributed by atoms with van der Waals surface area (Å²) in [6, 6.07) is 0. The normalized spacial score (nSPS) is 11.1. The lowest BCUT2D eigenvalue weighted by Crippen LogP contribution is -2.29. The van der Waals surface area contributed by atoms with E-state index in [2.05, 4.69) is 4.74 Å². The van der Waals surface area contributed by atoms with Crippen molar-refractivity contribution in [2.24, 2.45) is 0 Å². The number of carbonyl (C=O) groups excluding carboxylic acids is 1. The molecule has 0 spiro atoms. The van der Waals surface area contributed by atoms with Gasteiger partial charge in [0.15, 0.2) is 0 Å². The van der Waals surface area contributed by atoms with E-state index in [9.17, 15) is 13.6 Å². The third-order valence-corrected chi connectivity index (χ3v) is 1.59. The van der Waals surface area contributed by atoms with Crippen LogP contribution in [0.5, 0.6) is 0 Å². The van der Waals surface area contributed by atoms with Crippen LogP contribution in [0.1, 0.15) is 6.92 Å². The summed E-state index contributed by atoms with van der Waals surface area (Å²) in [4.78, 5) is 12.2. The number of hydrogen-bond acceptors (Lipinski definition) is 4. The Morgan fingerprint density at radius 2 is 2.13 bits per heavy atom. The van der Waals surface area contributed by atoms with Crippen molar-refractivity contribution in [1.29, 1.82) is 0 Å². The van der Waals surface area contributed by atoms with E-state index in [0.29, 0.717) is 13.2 Å². The Balaban J connectivity index is 3.34. The van der Waals surface area contributed by atoms with Crippen molar-refractivity contribution in [3.8, 4) is 0 Å². The number of carbonyl (C=O) groups is 1. The predicted octanol–water partition coefficient (Wildman–Crippen LogP) is 0.763. The molecule has 0 amide bonds. The molecule has 0 aromatic rings. The van der Waals surface area contributed by atoms with Gasteiger partial charge in [0.05, 0.1) is 19.8 Å². The van der Waals surface area contributed by atoms with Gasteiger partial charge in [-0.1, -0.05) is 0 Å². The number of likely N-dealkylation sites (N-methyl/N-ethyl adjacent to an activating group) is 1. The largest absolute Gasteiger partial charge is 0.464 e. The van der Waals surface area contributed by atoms with Crippen LogP contribution in [0.25, 0.3) is 0 Å². The van der Waals surface area contributed by atoms with Gasteiger partial charge in [-0.25, -0.2) is 13.6 Å². The molecule has 6 heteroatoms. The number of alkyl halides is 2. The third-order valence-electron chi connectivity index (χ3n) is 1.59. The first-order valence-corrected chi connectivity index (χ1v) is 4.76. The maximum absolute atomic E-state index is 11.9. The topological polar surface area (TPSA) is 38.8 Å². The molecule has 0 aromatic heterocycles. The SMILES string of the molecule is CCOC(=O)COCCN(C)CC(F)F. The van der Waals surface area contributed by atoms with E-state index < -0.39 is 12.4 Å². The quantitative estimate of drug-likeness (QED) is 0.451. The Morgan fingerprint density at radius 1 is 1.47 bits per heavy atom. The molecule has 0 rings (SSSR count). The van der Waals surface area contributed by atoms with E-state index in [1.54, 1.807) is 14.0 Å². The van der Waals surface area contributed by atoms with Crippen LogP contribution < -0.4 is 0 Å². The van der Waals surface area contributed by atoms with E-state index >= 15 is 0 Å². The van der Waals surface area contributed by atoms with Gasteiger partial charge in [-0.2, -0.15) is 0 Å². The molecule has 0 heterocycles. The Hall–Kier alpha value is -0.750. The van der Waals surface area contributed by atoms with Gasteiger partial charge in [-0.15, -0.1) is 0 Å². The van der Waals surface area contributed by atoms with Gasteiger partial charge >= 0.3 is 5.97 Å². The van der Waals surface area contributed by atoms with E-state index in [0.717, 1.165) is 0 Å². The fourth-order valence-corrected chi connectivity index (χ4v) is 0.905. The molecule has 0 N–H and O–H groups in total. The van der Waals surface area contributed by atoms with Crippen LogP contribution in [0.4, 0.5) is 8.78 Å². The molecule has 0 fully saturated rings. The number of halogens is 2. The molecule has 0 aliphatic rings. The molecule has 0 atom stereocenters. The van der Waals surface area contributed by atoms with Crippen molar-refractivity contribution in [2.75, 3.05) is 40.0 Å². The number of esters is 1. The van der Waals surface area contributed by atoms with Crippen molar-refractivity contribution < 1.29 is 23.0 Å². The van der Waals surface area contributed by atoms with Gasteiger partial charge in [0.1, 0.15) is 6.61 Å². The van der Waals surface area contributed by atoms with Crippen LogP contribution in [-0.4, -0.2) is 57.3 Å². The highest BCUT2D eigenvalue weighted by atomic mass is 19.3. The lowest BCUT2D eigenvalue weighted by atomic mass is 10.5. The summed E-state index contributed by atoms with van der Waals surface area (Å²) in [6.45, 7) is 2.20. The molecule has 90 valence electrons. The van der Waals surface area contributed by atoms with E-state index in [-0.39, 0.29) is 19.8 Å². The fourth-order valence-electron chi connectivity index (χ4n) is 0.905. The number of ether oxygens (including phenoxy) is 2. The van der Waals surface area contributed by atoms with Crippen LogP contribution in [0.3, 0.4) is 0 Å². The summed E-state index contributed by atoms with van der Waals surface area (Å²) in [5, 5.41) is 0. The molecular formula is C9H17F2NO3. The van der Waals surface area contributed by atoms with Crippen molar-refractivity contribution in [3.63, 3.8) is 0 Å². The minimum atomic E-state index is -2.35. The summed E-state index contributed by atoms with van der Waals surface area (Å²) in [5.41, 5.74) is 0. The van der Waals surface area contributed by atoms with Crippen LogP contribution in [0, 0.1) is 0 Å². The second-order valence-corrected chi connectivity index (χ2v) is 3.01. The third kappa shape index (κ3) is 9.55. The molecule has 0 saturated heterocycles. The highest BCUT2D eigenvalue weighted by Gasteiger charge is 2.07.